The fourth-order valence-corrected chi connectivity index (χ4v) is 1.94. The van der Waals surface area contributed by atoms with E-state index in [2.05, 4.69) is 17.1 Å². The molecule has 1 fully saturated rings. The van der Waals surface area contributed by atoms with Gasteiger partial charge in [-0.3, -0.25) is 4.90 Å². The molecule has 1 aliphatic rings. The predicted octanol–water partition coefficient (Wildman–Crippen LogP) is 0.833. The van der Waals surface area contributed by atoms with Crippen LogP contribution in [-0.2, 0) is 0 Å². The normalized spacial score (nSPS) is 17.4. The van der Waals surface area contributed by atoms with Gasteiger partial charge in [-0.05, 0) is 38.9 Å². The minimum Gasteiger partial charge on any atom is -0.395 e. The Morgan fingerprint density at radius 2 is 2.14 bits per heavy atom. The van der Waals surface area contributed by atoms with Crippen LogP contribution in [-0.4, -0.2) is 48.8 Å². The summed E-state index contributed by atoms with van der Waals surface area (Å²) < 4.78 is 0. The summed E-state index contributed by atoms with van der Waals surface area (Å²) in [7, 11) is 0. The van der Waals surface area contributed by atoms with Crippen LogP contribution in [0.1, 0.15) is 32.6 Å². The summed E-state index contributed by atoms with van der Waals surface area (Å²) in [5.41, 5.74) is 0. The molecule has 0 aliphatic heterocycles. The first-order valence-electron chi connectivity index (χ1n) is 5.94. The number of hydrogen-bond donors (Lipinski definition) is 2. The molecular formula is C11H24N2O. The molecule has 1 aliphatic carbocycles. The predicted molar refractivity (Wildman–Crippen MR) is 59.5 cm³/mol. The van der Waals surface area contributed by atoms with Gasteiger partial charge < -0.3 is 10.4 Å². The summed E-state index contributed by atoms with van der Waals surface area (Å²) in [6.07, 6.45) is 5.24. The zero-order valence-electron chi connectivity index (χ0n) is 9.34. The molecule has 1 rings (SSSR count). The lowest BCUT2D eigenvalue weighted by molar-refractivity contribution is 0.100. The van der Waals surface area contributed by atoms with Crippen LogP contribution in [0.5, 0.6) is 0 Å². The summed E-state index contributed by atoms with van der Waals surface area (Å²) in [6, 6.07) is 0.767. The van der Waals surface area contributed by atoms with Gasteiger partial charge in [0.15, 0.2) is 0 Å². The maximum Gasteiger partial charge on any atom is 0.0558 e. The molecule has 0 amide bonds. The fourth-order valence-electron chi connectivity index (χ4n) is 1.94. The van der Waals surface area contributed by atoms with Crippen molar-refractivity contribution in [2.24, 2.45) is 0 Å². The maximum absolute atomic E-state index is 8.95. The standard InChI is InChI=1S/C11H24N2O/c1-2-12-7-4-8-13(9-10-14)11-5-3-6-11/h11-12,14H,2-10H2,1H3. The third kappa shape index (κ3) is 3.95. The van der Waals surface area contributed by atoms with Gasteiger partial charge in [-0.25, -0.2) is 0 Å². The minimum absolute atomic E-state index is 0.303. The molecule has 2 N–H and O–H groups in total. The molecule has 84 valence electrons. The van der Waals surface area contributed by atoms with Gasteiger partial charge in [0.1, 0.15) is 0 Å². The van der Waals surface area contributed by atoms with E-state index in [0.717, 1.165) is 32.2 Å². The molecule has 0 aromatic heterocycles. The monoisotopic (exact) mass is 200 g/mol. The van der Waals surface area contributed by atoms with E-state index in [1.807, 2.05) is 0 Å². The summed E-state index contributed by atoms with van der Waals surface area (Å²) in [4.78, 5) is 2.45. The van der Waals surface area contributed by atoms with Gasteiger partial charge in [0, 0.05) is 12.6 Å². The van der Waals surface area contributed by atoms with Crippen molar-refractivity contribution in [2.75, 3.05) is 32.8 Å². The molecule has 0 radical (unpaired) electrons. The Morgan fingerprint density at radius 1 is 1.36 bits per heavy atom. The quantitative estimate of drug-likeness (QED) is 0.570. The molecule has 0 bridgehead atoms. The number of rotatable bonds is 8. The van der Waals surface area contributed by atoms with Crippen LogP contribution < -0.4 is 5.32 Å². The van der Waals surface area contributed by atoms with Crippen molar-refractivity contribution in [3.8, 4) is 0 Å². The van der Waals surface area contributed by atoms with Crippen molar-refractivity contribution in [3.05, 3.63) is 0 Å². The van der Waals surface area contributed by atoms with Gasteiger partial charge in [0.25, 0.3) is 0 Å². The fraction of sp³-hybridized carbons (Fsp3) is 1.00. The van der Waals surface area contributed by atoms with Gasteiger partial charge in [0.05, 0.1) is 6.61 Å². The average Bonchev–Trinajstić information content (AvgIpc) is 2.10. The number of nitrogens with zero attached hydrogens (tertiary/aromatic N) is 1. The summed E-state index contributed by atoms with van der Waals surface area (Å²) in [5.74, 6) is 0. The lowest BCUT2D eigenvalue weighted by Gasteiger charge is -2.37. The molecule has 0 heterocycles. The molecule has 1 saturated carbocycles. The third-order valence-electron chi connectivity index (χ3n) is 3.03. The van der Waals surface area contributed by atoms with Gasteiger partial charge >= 0.3 is 0 Å². The largest absolute Gasteiger partial charge is 0.395 e. The first kappa shape index (κ1) is 12.0. The second-order valence-corrected chi connectivity index (χ2v) is 4.05. The summed E-state index contributed by atoms with van der Waals surface area (Å²) in [5, 5.41) is 12.3. The lowest BCUT2D eigenvalue weighted by Crippen LogP contribution is -2.42. The van der Waals surface area contributed by atoms with Crippen molar-refractivity contribution in [2.45, 2.75) is 38.6 Å². The highest BCUT2D eigenvalue weighted by Gasteiger charge is 2.23. The van der Waals surface area contributed by atoms with E-state index >= 15 is 0 Å². The van der Waals surface area contributed by atoms with Crippen LogP contribution in [0.15, 0.2) is 0 Å². The molecule has 0 aromatic rings. The highest BCUT2D eigenvalue weighted by atomic mass is 16.3. The van der Waals surface area contributed by atoms with E-state index in [1.165, 1.54) is 25.7 Å². The minimum atomic E-state index is 0.303. The second-order valence-electron chi connectivity index (χ2n) is 4.05. The molecular weight excluding hydrogens is 176 g/mol. The molecule has 3 nitrogen and oxygen atoms in total. The molecule has 0 spiro atoms. The highest BCUT2D eigenvalue weighted by molar-refractivity contribution is 4.79. The molecule has 3 heteroatoms. The first-order chi connectivity index (χ1) is 6.88. The van der Waals surface area contributed by atoms with Crippen molar-refractivity contribution >= 4 is 0 Å². The number of aliphatic hydroxyl groups is 1. The van der Waals surface area contributed by atoms with E-state index in [4.69, 9.17) is 5.11 Å². The smallest absolute Gasteiger partial charge is 0.0558 e. The Labute approximate surface area is 87.5 Å². The van der Waals surface area contributed by atoms with E-state index in [-0.39, 0.29) is 0 Å². The van der Waals surface area contributed by atoms with Crippen molar-refractivity contribution in [1.29, 1.82) is 0 Å². The zero-order valence-corrected chi connectivity index (χ0v) is 9.34. The third-order valence-corrected chi connectivity index (χ3v) is 3.03. The van der Waals surface area contributed by atoms with Gasteiger partial charge in [-0.1, -0.05) is 13.3 Å². The van der Waals surface area contributed by atoms with Crippen LogP contribution in [0.25, 0.3) is 0 Å². The Kier molecular flexibility index (Phi) is 6.15. The topological polar surface area (TPSA) is 35.5 Å². The van der Waals surface area contributed by atoms with Crippen LogP contribution in [0.2, 0.25) is 0 Å². The maximum atomic E-state index is 8.95. The van der Waals surface area contributed by atoms with E-state index < -0.39 is 0 Å². The summed E-state index contributed by atoms with van der Waals surface area (Å²) >= 11 is 0. The lowest BCUT2D eigenvalue weighted by atomic mass is 9.91. The Morgan fingerprint density at radius 3 is 2.64 bits per heavy atom. The van der Waals surface area contributed by atoms with Crippen LogP contribution >= 0.6 is 0 Å². The average molecular weight is 200 g/mol. The van der Waals surface area contributed by atoms with Crippen molar-refractivity contribution in [1.82, 2.24) is 10.2 Å². The number of hydrogen-bond acceptors (Lipinski definition) is 3. The number of nitrogens with one attached hydrogen (secondary N) is 1. The Balaban J connectivity index is 2.08. The Bertz CT molecular complexity index is 137. The van der Waals surface area contributed by atoms with E-state index in [9.17, 15) is 0 Å². The van der Waals surface area contributed by atoms with E-state index in [0.29, 0.717) is 6.61 Å². The highest BCUT2D eigenvalue weighted by Crippen LogP contribution is 2.24. The molecule has 0 saturated heterocycles. The van der Waals surface area contributed by atoms with Crippen LogP contribution in [0, 0.1) is 0 Å². The van der Waals surface area contributed by atoms with Gasteiger partial charge in [-0.2, -0.15) is 0 Å². The van der Waals surface area contributed by atoms with Crippen molar-refractivity contribution < 1.29 is 5.11 Å². The van der Waals surface area contributed by atoms with Crippen LogP contribution in [0.4, 0.5) is 0 Å². The molecule has 0 atom stereocenters. The summed E-state index contributed by atoms with van der Waals surface area (Å²) in [6.45, 7) is 6.60. The molecule has 14 heavy (non-hydrogen) atoms. The number of aliphatic hydroxyl groups excluding tert-OH is 1. The first-order valence-corrected chi connectivity index (χ1v) is 5.94. The molecule has 0 aromatic carbocycles. The van der Waals surface area contributed by atoms with Gasteiger partial charge in [-0.15, -0.1) is 0 Å². The SMILES string of the molecule is CCNCCCN(CCO)C1CCC1. The van der Waals surface area contributed by atoms with Gasteiger partial charge in [0.2, 0.25) is 0 Å². The van der Waals surface area contributed by atoms with Crippen molar-refractivity contribution in [3.63, 3.8) is 0 Å². The van der Waals surface area contributed by atoms with Crippen LogP contribution in [0.3, 0.4) is 0 Å². The second kappa shape index (κ2) is 7.21. The Hall–Kier alpha value is -0.120. The van der Waals surface area contributed by atoms with E-state index in [1.54, 1.807) is 0 Å². The molecule has 0 unspecified atom stereocenters. The zero-order chi connectivity index (χ0) is 10.2.